The molecule has 8 nitrogen and oxygen atoms in total. The molecule has 3 aromatic carbocycles. The van der Waals surface area contributed by atoms with Gasteiger partial charge in [0.05, 0.1) is 4.92 Å². The van der Waals surface area contributed by atoms with Crippen LogP contribution < -0.4 is 0 Å². The van der Waals surface area contributed by atoms with Crippen LogP contribution in [0.15, 0.2) is 90.1 Å². The Hall–Kier alpha value is -3.98. The summed E-state index contributed by atoms with van der Waals surface area (Å²) in [6, 6.07) is 25.3. The van der Waals surface area contributed by atoms with Crippen LogP contribution in [-0.2, 0) is 4.79 Å². The number of carbonyl (C=O) groups excluding carboxylic acids is 1. The summed E-state index contributed by atoms with van der Waals surface area (Å²) in [4.78, 5) is 25.2. The van der Waals surface area contributed by atoms with Crippen molar-refractivity contribution in [2.45, 2.75) is 10.4 Å². The Bertz CT molecular complexity index is 1260. The molecule has 4 rings (SSSR count). The summed E-state index contributed by atoms with van der Waals surface area (Å²) in [5.74, 6) is 0.466. The minimum Gasteiger partial charge on any atom is -0.348 e. The third-order valence-corrected chi connectivity index (χ3v) is 6.16. The summed E-state index contributed by atoms with van der Waals surface area (Å²) in [5.41, 5.74) is 2.36. The summed E-state index contributed by atoms with van der Waals surface area (Å²) in [5, 5.41) is 19.9. The van der Waals surface area contributed by atoms with Crippen molar-refractivity contribution in [3.8, 4) is 17.1 Å². The van der Waals surface area contributed by atoms with Crippen LogP contribution in [-0.4, -0.2) is 44.6 Å². The smallest absolute Gasteiger partial charge is 0.269 e. The van der Waals surface area contributed by atoms with E-state index in [-0.39, 0.29) is 11.6 Å². The average molecular weight is 460 g/mol. The van der Waals surface area contributed by atoms with E-state index < -0.39 is 10.2 Å². The minimum atomic E-state index is -0.516. The molecule has 9 heteroatoms. The zero-order valence-electron chi connectivity index (χ0n) is 18.0. The predicted molar refractivity (Wildman–Crippen MR) is 127 cm³/mol. The highest BCUT2D eigenvalue weighted by molar-refractivity contribution is 8.00. The molecule has 33 heavy (non-hydrogen) atoms. The lowest BCUT2D eigenvalue weighted by molar-refractivity contribution is -0.384. The van der Waals surface area contributed by atoms with Gasteiger partial charge in [-0.3, -0.25) is 19.5 Å². The van der Waals surface area contributed by atoms with Crippen molar-refractivity contribution in [2.24, 2.45) is 0 Å². The highest BCUT2D eigenvalue weighted by Crippen LogP contribution is 2.38. The van der Waals surface area contributed by atoms with Crippen LogP contribution in [0.25, 0.3) is 17.1 Å². The van der Waals surface area contributed by atoms with Crippen LogP contribution in [0.3, 0.4) is 0 Å². The average Bonchev–Trinajstić information content (AvgIpc) is 3.26. The third kappa shape index (κ3) is 4.78. The number of nitro benzene ring substituents is 1. The summed E-state index contributed by atoms with van der Waals surface area (Å²) in [6.07, 6.45) is 0. The molecule has 0 radical (unpaired) electrons. The van der Waals surface area contributed by atoms with Crippen LogP contribution in [0.1, 0.15) is 10.8 Å². The second kappa shape index (κ2) is 9.66. The van der Waals surface area contributed by atoms with E-state index in [4.69, 9.17) is 0 Å². The van der Waals surface area contributed by atoms with Gasteiger partial charge < -0.3 is 4.90 Å². The molecule has 1 amide bonds. The molecule has 0 unspecified atom stereocenters. The summed E-state index contributed by atoms with van der Waals surface area (Å²) >= 11 is 1.31. The lowest BCUT2D eigenvalue weighted by Gasteiger charge is -2.20. The SMILES string of the molecule is CN(C)C(=O)[C@@H](Sc1nnc(-c2ccc([N+](=O)[O-])cc2)n1-c1ccccc1)c1ccccc1. The van der Waals surface area contributed by atoms with Gasteiger partial charge in [0.2, 0.25) is 5.91 Å². The molecular weight excluding hydrogens is 438 g/mol. The molecule has 0 saturated carbocycles. The number of thioether (sulfide) groups is 1. The number of amides is 1. The zero-order valence-corrected chi connectivity index (χ0v) is 18.8. The fourth-order valence-corrected chi connectivity index (χ4v) is 4.50. The maximum absolute atomic E-state index is 13.1. The van der Waals surface area contributed by atoms with E-state index in [0.717, 1.165) is 11.3 Å². The van der Waals surface area contributed by atoms with Crippen molar-refractivity contribution in [1.82, 2.24) is 19.7 Å². The molecule has 0 aliphatic rings. The first-order chi connectivity index (χ1) is 16.0. The molecule has 1 atom stereocenters. The number of hydrogen-bond donors (Lipinski definition) is 0. The van der Waals surface area contributed by atoms with E-state index in [1.165, 1.54) is 23.9 Å². The van der Waals surface area contributed by atoms with Gasteiger partial charge in [0.15, 0.2) is 11.0 Å². The van der Waals surface area contributed by atoms with Gasteiger partial charge in [-0.25, -0.2) is 0 Å². The van der Waals surface area contributed by atoms with E-state index in [2.05, 4.69) is 10.2 Å². The summed E-state index contributed by atoms with van der Waals surface area (Å²) in [6.45, 7) is 0. The van der Waals surface area contributed by atoms with Crippen molar-refractivity contribution in [2.75, 3.05) is 14.1 Å². The van der Waals surface area contributed by atoms with Crippen LogP contribution in [0.4, 0.5) is 5.69 Å². The molecule has 166 valence electrons. The fourth-order valence-electron chi connectivity index (χ4n) is 3.30. The number of para-hydroxylation sites is 1. The van der Waals surface area contributed by atoms with Crippen LogP contribution in [0.2, 0.25) is 0 Å². The number of carbonyl (C=O) groups is 1. The lowest BCUT2D eigenvalue weighted by Crippen LogP contribution is -2.27. The molecular formula is C24H21N5O3S. The first kappa shape index (κ1) is 22.2. The summed E-state index contributed by atoms with van der Waals surface area (Å²) in [7, 11) is 3.45. The second-order valence-electron chi connectivity index (χ2n) is 7.42. The molecule has 1 aromatic heterocycles. The van der Waals surface area contributed by atoms with Gasteiger partial charge in [-0.05, 0) is 29.8 Å². The second-order valence-corrected chi connectivity index (χ2v) is 8.49. The molecule has 0 N–H and O–H groups in total. The minimum absolute atomic E-state index is 0.000142. The first-order valence-electron chi connectivity index (χ1n) is 10.1. The Morgan fingerprint density at radius 2 is 1.55 bits per heavy atom. The van der Waals surface area contributed by atoms with Gasteiger partial charge in [-0.15, -0.1) is 10.2 Å². The highest BCUT2D eigenvalue weighted by atomic mass is 32.2. The lowest BCUT2D eigenvalue weighted by atomic mass is 10.1. The Labute approximate surface area is 195 Å². The number of benzene rings is 3. The number of non-ortho nitro benzene ring substituents is 1. The van der Waals surface area contributed by atoms with E-state index in [0.29, 0.717) is 16.5 Å². The van der Waals surface area contributed by atoms with Crippen LogP contribution in [0, 0.1) is 10.1 Å². The Morgan fingerprint density at radius 1 is 0.939 bits per heavy atom. The topological polar surface area (TPSA) is 94.2 Å². The number of rotatable bonds is 7. The maximum atomic E-state index is 13.1. The Balaban J connectivity index is 1.81. The quantitative estimate of drug-likeness (QED) is 0.225. The first-order valence-corrected chi connectivity index (χ1v) is 11.0. The molecule has 0 aliphatic carbocycles. The number of likely N-dealkylation sites (N-methyl/N-ethyl adjacent to an activating group) is 1. The molecule has 0 saturated heterocycles. The van der Waals surface area contributed by atoms with Gasteiger partial charge >= 0.3 is 0 Å². The van der Waals surface area contributed by atoms with Gasteiger partial charge in [0.1, 0.15) is 5.25 Å². The van der Waals surface area contributed by atoms with Gasteiger partial charge in [0, 0.05) is 37.5 Å². The Kier molecular flexibility index (Phi) is 6.50. The maximum Gasteiger partial charge on any atom is 0.269 e. The molecule has 0 bridgehead atoms. The zero-order chi connectivity index (χ0) is 23.4. The van der Waals surface area contributed by atoms with Crippen molar-refractivity contribution < 1.29 is 9.72 Å². The van der Waals surface area contributed by atoms with Crippen LogP contribution in [0.5, 0.6) is 0 Å². The predicted octanol–water partition coefficient (Wildman–Crippen LogP) is 4.76. The number of hydrogen-bond acceptors (Lipinski definition) is 6. The fraction of sp³-hybridized carbons (Fsp3) is 0.125. The van der Waals surface area contributed by atoms with E-state index in [9.17, 15) is 14.9 Å². The number of aromatic nitrogens is 3. The van der Waals surface area contributed by atoms with Gasteiger partial charge in [-0.2, -0.15) is 0 Å². The molecule has 1 heterocycles. The van der Waals surface area contributed by atoms with Crippen LogP contribution >= 0.6 is 11.8 Å². The van der Waals surface area contributed by atoms with Gasteiger partial charge in [0.25, 0.3) is 5.69 Å². The highest BCUT2D eigenvalue weighted by Gasteiger charge is 2.27. The molecule has 0 fully saturated rings. The molecule has 4 aromatic rings. The van der Waals surface area contributed by atoms with Crippen molar-refractivity contribution in [3.05, 3.63) is 101 Å². The number of nitro groups is 1. The van der Waals surface area contributed by atoms with Gasteiger partial charge in [-0.1, -0.05) is 60.3 Å². The number of nitrogens with zero attached hydrogens (tertiary/aromatic N) is 5. The summed E-state index contributed by atoms with van der Waals surface area (Å²) < 4.78 is 1.87. The van der Waals surface area contributed by atoms with E-state index >= 15 is 0 Å². The molecule has 0 spiro atoms. The van der Waals surface area contributed by atoms with Crippen molar-refractivity contribution in [1.29, 1.82) is 0 Å². The monoisotopic (exact) mass is 459 g/mol. The van der Waals surface area contributed by atoms with E-state index in [1.807, 2.05) is 65.2 Å². The normalized spacial score (nSPS) is 11.7. The third-order valence-electron chi connectivity index (χ3n) is 4.97. The Morgan fingerprint density at radius 3 is 2.12 bits per heavy atom. The van der Waals surface area contributed by atoms with E-state index in [1.54, 1.807) is 31.1 Å². The van der Waals surface area contributed by atoms with Crippen molar-refractivity contribution >= 4 is 23.4 Å². The molecule has 0 aliphatic heterocycles. The van der Waals surface area contributed by atoms with Crippen molar-refractivity contribution in [3.63, 3.8) is 0 Å². The standard InChI is InChI=1S/C24H21N5O3S/c1-27(2)23(30)21(17-9-5-3-6-10-17)33-24-26-25-22(28(24)19-11-7-4-8-12-19)18-13-15-20(16-14-18)29(31)32/h3-16,21H,1-2H3/t21-/m0/s1. The largest absolute Gasteiger partial charge is 0.348 e.